The number of pyridine rings is 1. The number of carbonyl (C=O) groups is 1. The van der Waals surface area contributed by atoms with Gasteiger partial charge in [-0.25, -0.2) is 4.98 Å². The molecule has 19 heavy (non-hydrogen) atoms. The van der Waals surface area contributed by atoms with Gasteiger partial charge in [-0.05, 0) is 46.6 Å². The van der Waals surface area contributed by atoms with Crippen LogP contribution in [0.2, 0.25) is 10.0 Å². The van der Waals surface area contributed by atoms with Gasteiger partial charge in [0.15, 0.2) is 0 Å². The molecule has 98 valence electrons. The Morgan fingerprint density at radius 2 is 1.95 bits per heavy atom. The molecule has 0 saturated heterocycles. The Kier molecular flexibility index (Phi) is 4.45. The van der Waals surface area contributed by atoms with E-state index in [1.54, 1.807) is 30.5 Å². The molecule has 1 amide bonds. The van der Waals surface area contributed by atoms with Gasteiger partial charge in [0, 0.05) is 0 Å². The summed E-state index contributed by atoms with van der Waals surface area (Å²) in [4.78, 5) is 16.2. The maximum Gasteiger partial charge on any atom is 0.258 e. The molecule has 0 atom stereocenters. The van der Waals surface area contributed by atoms with E-state index in [2.05, 4.69) is 26.2 Å². The van der Waals surface area contributed by atoms with Crippen LogP contribution in [0.4, 0.5) is 5.69 Å². The van der Waals surface area contributed by atoms with E-state index in [1.807, 2.05) is 6.92 Å². The molecule has 3 nitrogen and oxygen atoms in total. The van der Waals surface area contributed by atoms with Crippen LogP contribution in [-0.2, 0) is 0 Å². The van der Waals surface area contributed by atoms with Crippen molar-refractivity contribution in [2.75, 3.05) is 5.32 Å². The number of carbonyl (C=O) groups excluding carboxylic acids is 1. The summed E-state index contributed by atoms with van der Waals surface area (Å²) in [6, 6.07) is 6.73. The van der Waals surface area contributed by atoms with Crippen molar-refractivity contribution in [3.8, 4) is 0 Å². The van der Waals surface area contributed by atoms with Crippen LogP contribution in [0.3, 0.4) is 0 Å². The highest BCUT2D eigenvalue weighted by molar-refractivity contribution is 9.10. The normalized spacial score (nSPS) is 10.3. The van der Waals surface area contributed by atoms with E-state index in [4.69, 9.17) is 23.2 Å². The van der Waals surface area contributed by atoms with Crippen molar-refractivity contribution >= 4 is 50.7 Å². The molecule has 0 aliphatic heterocycles. The summed E-state index contributed by atoms with van der Waals surface area (Å²) in [6.45, 7) is 1.88. The molecule has 1 N–H and O–H groups in total. The van der Waals surface area contributed by atoms with E-state index in [9.17, 15) is 4.79 Å². The molecule has 0 spiro atoms. The largest absolute Gasteiger partial charge is 0.320 e. The predicted octanol–water partition coefficient (Wildman–Crippen LogP) is 4.71. The van der Waals surface area contributed by atoms with E-state index < -0.39 is 0 Å². The first-order valence-electron chi connectivity index (χ1n) is 5.36. The number of nitrogens with one attached hydrogen (secondary N) is 1. The Morgan fingerprint density at radius 3 is 2.53 bits per heavy atom. The van der Waals surface area contributed by atoms with E-state index in [1.165, 1.54) is 0 Å². The van der Waals surface area contributed by atoms with Crippen LogP contribution in [-0.4, -0.2) is 10.9 Å². The van der Waals surface area contributed by atoms with Crippen molar-refractivity contribution in [3.05, 3.63) is 56.2 Å². The molecule has 0 saturated carbocycles. The van der Waals surface area contributed by atoms with Gasteiger partial charge >= 0.3 is 0 Å². The van der Waals surface area contributed by atoms with Gasteiger partial charge in [0.05, 0.1) is 27.5 Å². The summed E-state index contributed by atoms with van der Waals surface area (Å²) in [5.74, 6) is -0.362. The fraction of sp³-hybridized carbons (Fsp3) is 0.0769. The highest BCUT2D eigenvalue weighted by Crippen LogP contribution is 2.25. The number of aryl methyl sites for hydroxylation is 1. The summed E-state index contributed by atoms with van der Waals surface area (Å²) in [7, 11) is 0. The Balaban J connectivity index is 2.28. The summed E-state index contributed by atoms with van der Waals surface area (Å²) < 4.78 is 0.737. The van der Waals surface area contributed by atoms with Gasteiger partial charge in [-0.3, -0.25) is 4.79 Å². The van der Waals surface area contributed by atoms with Gasteiger partial charge in [0.25, 0.3) is 5.91 Å². The molecular weight excluding hydrogens is 351 g/mol. The average molecular weight is 360 g/mol. The van der Waals surface area contributed by atoms with Crippen LogP contribution < -0.4 is 5.32 Å². The van der Waals surface area contributed by atoms with Crippen molar-refractivity contribution in [1.29, 1.82) is 0 Å². The smallest absolute Gasteiger partial charge is 0.258 e. The second-order valence-electron chi connectivity index (χ2n) is 3.88. The second kappa shape index (κ2) is 5.90. The van der Waals surface area contributed by atoms with Crippen molar-refractivity contribution in [2.45, 2.75) is 6.92 Å². The first-order chi connectivity index (χ1) is 8.99. The van der Waals surface area contributed by atoms with Crippen molar-refractivity contribution < 1.29 is 4.79 Å². The van der Waals surface area contributed by atoms with E-state index in [0.717, 1.165) is 10.2 Å². The zero-order valence-electron chi connectivity index (χ0n) is 9.88. The van der Waals surface area contributed by atoms with E-state index in [-0.39, 0.29) is 11.5 Å². The molecule has 0 unspecified atom stereocenters. The highest BCUT2D eigenvalue weighted by Gasteiger charge is 2.14. The van der Waals surface area contributed by atoms with E-state index >= 15 is 0 Å². The zero-order chi connectivity index (χ0) is 14.0. The van der Waals surface area contributed by atoms with Crippen LogP contribution >= 0.6 is 39.1 Å². The number of halogens is 3. The van der Waals surface area contributed by atoms with Crippen LogP contribution in [0.15, 0.2) is 35.1 Å². The lowest BCUT2D eigenvalue weighted by atomic mass is 10.2. The number of rotatable bonds is 2. The van der Waals surface area contributed by atoms with E-state index in [0.29, 0.717) is 15.7 Å². The Hall–Kier alpha value is -1.10. The quantitative estimate of drug-likeness (QED) is 0.789. The van der Waals surface area contributed by atoms with Gasteiger partial charge in [-0.1, -0.05) is 29.3 Å². The summed E-state index contributed by atoms with van der Waals surface area (Å²) >= 11 is 15.3. The number of anilines is 1. The SMILES string of the molecule is Cc1cc(NC(=O)c2c(Cl)cccc2Cl)cnc1Br. The number of hydrogen-bond donors (Lipinski definition) is 1. The van der Waals surface area contributed by atoms with Crippen LogP contribution in [0.25, 0.3) is 0 Å². The van der Waals surface area contributed by atoms with Gasteiger partial charge in [-0.15, -0.1) is 0 Å². The third kappa shape index (κ3) is 3.26. The molecule has 0 bridgehead atoms. The molecule has 0 aliphatic rings. The Morgan fingerprint density at radius 1 is 1.32 bits per heavy atom. The standard InChI is InChI=1S/C13H9BrCl2N2O/c1-7-5-8(6-17-12(7)14)18-13(19)11-9(15)3-2-4-10(11)16/h2-6H,1H3,(H,18,19). The topological polar surface area (TPSA) is 42.0 Å². The molecule has 1 aromatic carbocycles. The maximum absolute atomic E-state index is 12.1. The molecule has 1 heterocycles. The second-order valence-corrected chi connectivity index (χ2v) is 5.45. The fourth-order valence-electron chi connectivity index (χ4n) is 1.53. The summed E-state index contributed by atoms with van der Waals surface area (Å²) in [5.41, 5.74) is 1.76. The minimum absolute atomic E-state index is 0.256. The first-order valence-corrected chi connectivity index (χ1v) is 6.91. The lowest BCUT2D eigenvalue weighted by Gasteiger charge is -2.09. The molecule has 6 heteroatoms. The fourth-order valence-corrected chi connectivity index (χ4v) is 2.32. The van der Waals surface area contributed by atoms with Gasteiger partial charge < -0.3 is 5.32 Å². The lowest BCUT2D eigenvalue weighted by Crippen LogP contribution is -2.13. The van der Waals surface area contributed by atoms with Crippen LogP contribution in [0.5, 0.6) is 0 Å². The zero-order valence-corrected chi connectivity index (χ0v) is 13.0. The van der Waals surface area contributed by atoms with Gasteiger partial charge in [0.1, 0.15) is 4.60 Å². The molecule has 2 aromatic rings. The summed E-state index contributed by atoms with van der Waals surface area (Å²) in [5, 5.41) is 3.34. The average Bonchev–Trinajstić information content (AvgIpc) is 2.33. The number of benzene rings is 1. The molecular formula is C13H9BrCl2N2O. The maximum atomic E-state index is 12.1. The molecule has 2 rings (SSSR count). The van der Waals surface area contributed by atoms with Crippen molar-refractivity contribution in [2.24, 2.45) is 0 Å². The van der Waals surface area contributed by atoms with Crippen LogP contribution in [0, 0.1) is 6.92 Å². The third-order valence-corrected chi connectivity index (χ3v) is 3.92. The van der Waals surface area contributed by atoms with Crippen LogP contribution in [0.1, 0.15) is 15.9 Å². The Labute approximate surface area is 129 Å². The molecule has 0 fully saturated rings. The predicted molar refractivity (Wildman–Crippen MR) is 81.1 cm³/mol. The molecule has 1 aromatic heterocycles. The minimum Gasteiger partial charge on any atom is -0.320 e. The Bertz CT molecular complexity index is 626. The highest BCUT2D eigenvalue weighted by atomic mass is 79.9. The molecule has 0 radical (unpaired) electrons. The van der Waals surface area contributed by atoms with Gasteiger partial charge in [0.2, 0.25) is 0 Å². The number of hydrogen-bond acceptors (Lipinski definition) is 2. The van der Waals surface area contributed by atoms with Gasteiger partial charge in [-0.2, -0.15) is 0 Å². The monoisotopic (exact) mass is 358 g/mol. The lowest BCUT2D eigenvalue weighted by molar-refractivity contribution is 0.102. The van der Waals surface area contributed by atoms with Crippen molar-refractivity contribution in [1.82, 2.24) is 4.98 Å². The minimum atomic E-state index is -0.362. The van der Waals surface area contributed by atoms with Crippen molar-refractivity contribution in [3.63, 3.8) is 0 Å². The first kappa shape index (κ1) is 14.3. The third-order valence-electron chi connectivity index (χ3n) is 2.46. The number of aromatic nitrogens is 1. The summed E-state index contributed by atoms with van der Waals surface area (Å²) in [6.07, 6.45) is 1.56. The number of nitrogens with zero attached hydrogens (tertiary/aromatic N) is 1. The number of amides is 1. The molecule has 0 aliphatic carbocycles.